The molecule has 0 saturated heterocycles. The van der Waals surface area contributed by atoms with Crippen LogP contribution in [-0.2, 0) is 6.54 Å². The van der Waals surface area contributed by atoms with Crippen LogP contribution >= 0.6 is 0 Å². The Hall–Kier alpha value is -3.16. The van der Waals surface area contributed by atoms with Crippen molar-refractivity contribution in [2.45, 2.75) is 6.54 Å². The fourth-order valence-corrected chi connectivity index (χ4v) is 2.12. The number of anilines is 2. The Bertz CT molecular complexity index is 827. The van der Waals surface area contributed by atoms with Gasteiger partial charge in [-0.1, -0.05) is 0 Å². The van der Waals surface area contributed by atoms with Crippen LogP contribution in [0.25, 0.3) is 11.2 Å². The number of H-pyrrole nitrogens is 1. The van der Waals surface area contributed by atoms with E-state index >= 15 is 0 Å². The summed E-state index contributed by atoms with van der Waals surface area (Å²) in [6.45, 7) is 0.514. The van der Waals surface area contributed by atoms with Crippen molar-refractivity contribution in [3.63, 3.8) is 0 Å². The predicted octanol–water partition coefficient (Wildman–Crippen LogP) is 1.27. The molecule has 8 heteroatoms. The van der Waals surface area contributed by atoms with Crippen molar-refractivity contribution in [3.8, 4) is 0 Å². The average Bonchev–Trinajstić information content (AvgIpc) is 2.88. The highest BCUT2D eigenvalue weighted by Crippen LogP contribution is 2.18. The van der Waals surface area contributed by atoms with E-state index in [0.29, 0.717) is 23.5 Å². The van der Waals surface area contributed by atoms with Gasteiger partial charge in [0.1, 0.15) is 5.82 Å². The van der Waals surface area contributed by atoms with Crippen molar-refractivity contribution in [1.29, 1.82) is 0 Å². The highest BCUT2D eigenvalue weighted by atomic mass is 16.4. The number of benzene rings is 1. The number of carbonyl (C=O) groups is 1. The molecule has 0 aliphatic carbocycles. The smallest absolute Gasteiger partial charge is 0.335 e. The second-order valence-corrected chi connectivity index (χ2v) is 4.88. The minimum Gasteiger partial charge on any atom is -0.478 e. The first-order chi connectivity index (χ1) is 10.5. The summed E-state index contributed by atoms with van der Waals surface area (Å²) >= 11 is 0. The highest BCUT2D eigenvalue weighted by Gasteiger charge is 2.09. The van der Waals surface area contributed by atoms with Gasteiger partial charge in [0.15, 0.2) is 5.52 Å². The van der Waals surface area contributed by atoms with Crippen LogP contribution in [0, 0.1) is 0 Å². The molecule has 22 heavy (non-hydrogen) atoms. The molecule has 0 atom stereocenters. The molecule has 4 N–H and O–H groups in total. The second kappa shape index (κ2) is 5.32. The Kier molecular flexibility index (Phi) is 3.34. The standard InChI is InChI=1S/C14H14N6O2/c1-20(10-4-2-8(3-5-10)14(21)22)7-9-6-16-13-11(17-9)12(15)18-19-13/h2-6H,7H2,1H3,(H,21,22)(H3,15,16,18,19). The molecule has 0 saturated carbocycles. The van der Waals surface area contributed by atoms with Crippen LogP contribution in [0.1, 0.15) is 16.1 Å². The first kappa shape index (κ1) is 13.8. The van der Waals surface area contributed by atoms with Gasteiger partial charge in [-0.2, -0.15) is 5.10 Å². The van der Waals surface area contributed by atoms with E-state index in [9.17, 15) is 4.79 Å². The number of aromatic carboxylic acids is 1. The summed E-state index contributed by atoms with van der Waals surface area (Å²) in [5.41, 5.74) is 8.65. The third-order valence-corrected chi connectivity index (χ3v) is 3.29. The average molecular weight is 298 g/mol. The lowest BCUT2D eigenvalue weighted by molar-refractivity contribution is 0.0697. The fraction of sp³-hybridized carbons (Fsp3) is 0.143. The molecule has 0 unspecified atom stereocenters. The molecule has 0 aliphatic heterocycles. The molecule has 0 fully saturated rings. The van der Waals surface area contributed by atoms with E-state index in [1.165, 1.54) is 0 Å². The van der Waals surface area contributed by atoms with Crippen LogP contribution in [0.4, 0.5) is 11.5 Å². The van der Waals surface area contributed by atoms with Crippen molar-refractivity contribution in [3.05, 3.63) is 41.7 Å². The van der Waals surface area contributed by atoms with Gasteiger partial charge in [-0.15, -0.1) is 0 Å². The Morgan fingerprint density at radius 3 is 2.77 bits per heavy atom. The van der Waals surface area contributed by atoms with Crippen molar-refractivity contribution in [2.24, 2.45) is 0 Å². The summed E-state index contributed by atoms with van der Waals surface area (Å²) in [6, 6.07) is 6.64. The molecule has 2 aromatic heterocycles. The first-order valence-electron chi connectivity index (χ1n) is 6.54. The molecule has 2 heterocycles. The van der Waals surface area contributed by atoms with Gasteiger partial charge in [-0.05, 0) is 24.3 Å². The van der Waals surface area contributed by atoms with E-state index in [0.717, 1.165) is 11.4 Å². The molecule has 0 spiro atoms. The van der Waals surface area contributed by atoms with E-state index < -0.39 is 5.97 Å². The number of aromatic nitrogens is 4. The molecule has 1 aromatic carbocycles. The maximum Gasteiger partial charge on any atom is 0.335 e. The number of hydrogen-bond donors (Lipinski definition) is 3. The third-order valence-electron chi connectivity index (χ3n) is 3.29. The summed E-state index contributed by atoms with van der Waals surface area (Å²) in [6.07, 6.45) is 1.64. The molecule has 0 aliphatic rings. The summed E-state index contributed by atoms with van der Waals surface area (Å²) in [4.78, 5) is 21.4. The van der Waals surface area contributed by atoms with Crippen LogP contribution in [0.15, 0.2) is 30.5 Å². The van der Waals surface area contributed by atoms with Crippen LogP contribution in [0.3, 0.4) is 0 Å². The highest BCUT2D eigenvalue weighted by molar-refractivity contribution is 5.88. The number of nitrogen functional groups attached to an aromatic ring is 1. The third kappa shape index (κ3) is 2.53. The number of nitrogens with zero attached hydrogens (tertiary/aromatic N) is 4. The lowest BCUT2D eigenvalue weighted by Gasteiger charge is -2.18. The molecule has 0 bridgehead atoms. The zero-order valence-electron chi connectivity index (χ0n) is 11.8. The van der Waals surface area contributed by atoms with Gasteiger partial charge < -0.3 is 15.7 Å². The summed E-state index contributed by atoms with van der Waals surface area (Å²) in [7, 11) is 1.89. The van der Waals surface area contributed by atoms with Crippen molar-refractivity contribution < 1.29 is 9.90 Å². The predicted molar refractivity (Wildman–Crippen MR) is 81.6 cm³/mol. The van der Waals surface area contributed by atoms with Gasteiger partial charge in [0.05, 0.1) is 24.0 Å². The van der Waals surface area contributed by atoms with Crippen molar-refractivity contribution >= 4 is 28.6 Å². The molecule has 3 rings (SSSR count). The van der Waals surface area contributed by atoms with Crippen molar-refractivity contribution in [2.75, 3.05) is 17.7 Å². The summed E-state index contributed by atoms with van der Waals surface area (Å²) in [5, 5.41) is 15.5. The van der Waals surface area contributed by atoms with Gasteiger partial charge in [0.25, 0.3) is 0 Å². The number of rotatable bonds is 4. The number of hydrogen-bond acceptors (Lipinski definition) is 6. The van der Waals surface area contributed by atoms with Gasteiger partial charge >= 0.3 is 5.97 Å². The maximum atomic E-state index is 10.9. The molecular formula is C14H14N6O2. The van der Waals surface area contributed by atoms with Gasteiger partial charge in [-0.25, -0.2) is 14.8 Å². The van der Waals surface area contributed by atoms with Gasteiger partial charge in [-0.3, -0.25) is 5.10 Å². The summed E-state index contributed by atoms with van der Waals surface area (Å²) in [5.74, 6) is -0.557. The molecule has 8 nitrogen and oxygen atoms in total. The Balaban J connectivity index is 1.81. The lowest BCUT2D eigenvalue weighted by Crippen LogP contribution is -2.17. The van der Waals surface area contributed by atoms with Crippen LogP contribution in [0.2, 0.25) is 0 Å². The molecule has 3 aromatic rings. The Labute approximate surface area is 125 Å². The monoisotopic (exact) mass is 298 g/mol. The molecule has 112 valence electrons. The Morgan fingerprint density at radius 2 is 2.09 bits per heavy atom. The number of nitrogens with two attached hydrogens (primary N) is 1. The minimum absolute atomic E-state index is 0.254. The number of aromatic amines is 1. The zero-order valence-corrected chi connectivity index (χ0v) is 11.8. The molecular weight excluding hydrogens is 284 g/mol. The number of carboxylic acid groups (broad SMARTS) is 1. The minimum atomic E-state index is -0.944. The van der Waals surface area contributed by atoms with E-state index in [4.69, 9.17) is 10.8 Å². The largest absolute Gasteiger partial charge is 0.478 e. The normalized spacial score (nSPS) is 10.8. The van der Waals surface area contributed by atoms with Crippen molar-refractivity contribution in [1.82, 2.24) is 20.2 Å². The van der Waals surface area contributed by atoms with E-state index in [1.807, 2.05) is 11.9 Å². The summed E-state index contributed by atoms with van der Waals surface area (Å²) < 4.78 is 0. The fourth-order valence-electron chi connectivity index (χ4n) is 2.12. The molecule has 0 radical (unpaired) electrons. The topological polar surface area (TPSA) is 121 Å². The number of nitrogens with one attached hydrogen (secondary N) is 1. The molecule has 0 amide bonds. The van der Waals surface area contributed by atoms with E-state index in [2.05, 4.69) is 20.2 Å². The van der Waals surface area contributed by atoms with Gasteiger partial charge in [0, 0.05) is 12.7 Å². The number of fused-ring (bicyclic) bond motifs is 1. The quantitative estimate of drug-likeness (QED) is 0.663. The van der Waals surface area contributed by atoms with E-state index in [1.54, 1.807) is 30.5 Å². The second-order valence-electron chi connectivity index (χ2n) is 4.88. The maximum absolute atomic E-state index is 10.9. The van der Waals surface area contributed by atoms with Crippen LogP contribution in [-0.4, -0.2) is 38.3 Å². The Morgan fingerprint density at radius 1 is 1.36 bits per heavy atom. The van der Waals surface area contributed by atoms with E-state index in [-0.39, 0.29) is 5.56 Å². The number of carboxylic acids is 1. The van der Waals surface area contributed by atoms with Gasteiger partial charge in [0.2, 0.25) is 5.65 Å². The zero-order chi connectivity index (χ0) is 15.7. The van der Waals surface area contributed by atoms with Crippen LogP contribution in [0.5, 0.6) is 0 Å². The SMILES string of the molecule is CN(Cc1cnc2n[nH]c(N)c2n1)c1ccc(C(=O)O)cc1. The lowest BCUT2D eigenvalue weighted by atomic mass is 10.2. The first-order valence-corrected chi connectivity index (χ1v) is 6.54. The van der Waals surface area contributed by atoms with Crippen LogP contribution < -0.4 is 10.6 Å².